The molecule has 0 bridgehead atoms. The smallest absolute Gasteiger partial charge is 0.340 e. The van der Waals surface area contributed by atoms with Crippen LogP contribution in [0.1, 0.15) is 127 Å². The van der Waals surface area contributed by atoms with Crippen molar-refractivity contribution >= 4 is 27.9 Å². The molecule has 0 N–H and O–H groups in total. The van der Waals surface area contributed by atoms with Gasteiger partial charge in [-0.05, 0) is 93.2 Å². The highest BCUT2D eigenvalue weighted by Gasteiger charge is 2.30. The molecule has 208 valence electrons. The normalized spacial score (nSPS) is 25.8. The number of rotatable bonds is 12. The Morgan fingerprint density at radius 1 is 0.811 bits per heavy atom. The van der Waals surface area contributed by atoms with Crippen molar-refractivity contribution in [2.45, 2.75) is 140 Å². The molecule has 2 fully saturated rings. The topological polar surface area (TPSA) is 52.6 Å². The average Bonchev–Trinajstić information content (AvgIpc) is 2.91. The van der Waals surface area contributed by atoms with E-state index >= 15 is 0 Å². The Labute approximate surface area is 229 Å². The van der Waals surface area contributed by atoms with Crippen LogP contribution < -0.4 is 0 Å². The van der Waals surface area contributed by atoms with E-state index in [1.165, 1.54) is 11.1 Å². The molecule has 1 aromatic carbocycles. The Morgan fingerprint density at radius 3 is 1.70 bits per heavy atom. The fraction of sp³-hybridized carbons (Fsp3) is 0.733. The van der Waals surface area contributed by atoms with Crippen molar-refractivity contribution in [3.05, 3.63) is 33.8 Å². The fourth-order valence-corrected chi connectivity index (χ4v) is 6.33. The predicted octanol–water partition coefficient (Wildman–Crippen LogP) is 8.64. The minimum Gasteiger partial charge on any atom is -0.460 e. The molecule has 37 heavy (non-hydrogen) atoms. The second-order valence-corrected chi connectivity index (χ2v) is 11.7. The van der Waals surface area contributed by atoms with Gasteiger partial charge in [0.2, 0.25) is 0 Å². The van der Waals surface area contributed by atoms with Crippen LogP contribution in [-0.4, -0.2) is 36.5 Å². The molecule has 0 amide bonds. The SMILES string of the molecule is CCCCC(F)C(=O)OC1CCC(c2ccc(C3CCC(OC(=O)C(F)CCCC)CC3)c(Br)c2)CC1. The lowest BCUT2D eigenvalue weighted by atomic mass is 9.80. The van der Waals surface area contributed by atoms with Crippen LogP contribution in [0.15, 0.2) is 22.7 Å². The van der Waals surface area contributed by atoms with Gasteiger partial charge in [0.25, 0.3) is 0 Å². The van der Waals surface area contributed by atoms with Crippen LogP contribution in [0.25, 0.3) is 0 Å². The second kappa shape index (κ2) is 15.2. The summed E-state index contributed by atoms with van der Waals surface area (Å²) in [6.45, 7) is 3.96. The Bertz CT molecular complexity index is 863. The van der Waals surface area contributed by atoms with Crippen molar-refractivity contribution < 1.29 is 27.8 Å². The molecule has 0 saturated heterocycles. The Balaban J connectivity index is 1.45. The van der Waals surface area contributed by atoms with Gasteiger partial charge < -0.3 is 9.47 Å². The van der Waals surface area contributed by atoms with Crippen LogP contribution in [-0.2, 0) is 19.1 Å². The molecule has 0 spiro atoms. The summed E-state index contributed by atoms with van der Waals surface area (Å²) in [5.41, 5.74) is 2.54. The second-order valence-electron chi connectivity index (χ2n) is 10.8. The van der Waals surface area contributed by atoms with Gasteiger partial charge in [0.05, 0.1) is 0 Å². The zero-order valence-electron chi connectivity index (χ0n) is 22.4. The summed E-state index contributed by atoms with van der Waals surface area (Å²) < 4.78 is 39.9. The molecule has 0 aliphatic heterocycles. The number of carbonyl (C=O) groups is 2. The first kappa shape index (κ1) is 30.0. The number of ether oxygens (including phenoxy) is 2. The quantitative estimate of drug-likeness (QED) is 0.231. The summed E-state index contributed by atoms with van der Waals surface area (Å²) in [7, 11) is 0. The summed E-state index contributed by atoms with van der Waals surface area (Å²) in [4.78, 5) is 24.0. The molecule has 1 aromatic rings. The highest BCUT2D eigenvalue weighted by Crippen LogP contribution is 2.41. The molecule has 2 saturated carbocycles. The number of esters is 2. The van der Waals surface area contributed by atoms with E-state index in [2.05, 4.69) is 34.1 Å². The maximum absolute atomic E-state index is 14.0. The van der Waals surface area contributed by atoms with E-state index in [0.717, 1.165) is 68.7 Å². The van der Waals surface area contributed by atoms with Gasteiger partial charge in [-0.2, -0.15) is 0 Å². The standard InChI is InChI=1S/C30H43BrF2O4/c1-3-5-7-27(32)29(34)36-23-14-9-20(10-15-23)22-13-18-25(26(31)19-22)21-11-16-24(17-12-21)37-30(35)28(33)8-6-4-2/h13,18-21,23-24,27-28H,3-12,14-17H2,1-2H3. The third kappa shape index (κ3) is 9.04. The molecule has 2 aliphatic rings. The van der Waals surface area contributed by atoms with E-state index in [4.69, 9.17) is 9.47 Å². The van der Waals surface area contributed by atoms with Crippen LogP contribution in [0.5, 0.6) is 0 Å². The number of hydrogen-bond donors (Lipinski definition) is 0. The van der Waals surface area contributed by atoms with Gasteiger partial charge in [-0.1, -0.05) is 67.6 Å². The van der Waals surface area contributed by atoms with Gasteiger partial charge in [0, 0.05) is 4.47 Å². The van der Waals surface area contributed by atoms with E-state index < -0.39 is 24.3 Å². The van der Waals surface area contributed by atoms with E-state index in [0.29, 0.717) is 24.7 Å². The third-order valence-electron chi connectivity index (χ3n) is 7.98. The Morgan fingerprint density at radius 2 is 1.27 bits per heavy atom. The number of hydrogen-bond acceptors (Lipinski definition) is 4. The largest absolute Gasteiger partial charge is 0.460 e. The van der Waals surface area contributed by atoms with Crippen molar-refractivity contribution in [1.29, 1.82) is 0 Å². The van der Waals surface area contributed by atoms with Gasteiger partial charge in [-0.3, -0.25) is 0 Å². The molecule has 0 aromatic heterocycles. The summed E-state index contributed by atoms with van der Waals surface area (Å²) in [6, 6.07) is 6.61. The third-order valence-corrected chi connectivity index (χ3v) is 8.67. The highest BCUT2D eigenvalue weighted by atomic mass is 79.9. The minimum atomic E-state index is -1.51. The molecule has 3 rings (SSSR count). The van der Waals surface area contributed by atoms with E-state index in [-0.39, 0.29) is 25.0 Å². The van der Waals surface area contributed by atoms with E-state index in [1.807, 2.05) is 13.8 Å². The number of carbonyl (C=O) groups excluding carboxylic acids is 2. The molecule has 2 atom stereocenters. The summed E-state index contributed by atoms with van der Waals surface area (Å²) in [6.07, 6.45) is 6.91. The molecule has 0 heterocycles. The summed E-state index contributed by atoms with van der Waals surface area (Å²) >= 11 is 3.78. The van der Waals surface area contributed by atoms with Crippen LogP contribution in [0.2, 0.25) is 0 Å². The first-order valence-electron chi connectivity index (χ1n) is 14.3. The van der Waals surface area contributed by atoms with Gasteiger partial charge in [-0.25, -0.2) is 18.4 Å². The van der Waals surface area contributed by atoms with Gasteiger partial charge in [-0.15, -0.1) is 0 Å². The van der Waals surface area contributed by atoms with Crippen LogP contribution in [0, 0.1) is 0 Å². The molecular formula is C30H43BrF2O4. The lowest BCUT2D eigenvalue weighted by Crippen LogP contribution is -2.28. The van der Waals surface area contributed by atoms with Crippen molar-refractivity contribution in [2.75, 3.05) is 0 Å². The lowest BCUT2D eigenvalue weighted by molar-refractivity contribution is -0.157. The number of unbranched alkanes of at least 4 members (excludes halogenated alkanes) is 2. The summed E-state index contributed by atoms with van der Waals surface area (Å²) in [5, 5.41) is 0. The zero-order chi connectivity index (χ0) is 26.8. The first-order valence-corrected chi connectivity index (χ1v) is 15.1. The predicted molar refractivity (Wildman–Crippen MR) is 145 cm³/mol. The zero-order valence-corrected chi connectivity index (χ0v) is 23.9. The maximum Gasteiger partial charge on any atom is 0.340 e. The van der Waals surface area contributed by atoms with Gasteiger partial charge in [0.15, 0.2) is 12.3 Å². The maximum atomic E-state index is 14.0. The molecule has 2 unspecified atom stereocenters. The average molecular weight is 586 g/mol. The van der Waals surface area contributed by atoms with E-state index in [1.54, 1.807) is 0 Å². The monoisotopic (exact) mass is 584 g/mol. The Kier molecular flexibility index (Phi) is 12.3. The van der Waals surface area contributed by atoms with Crippen LogP contribution >= 0.6 is 15.9 Å². The molecule has 4 nitrogen and oxygen atoms in total. The molecule has 2 aliphatic carbocycles. The lowest BCUT2D eigenvalue weighted by Gasteiger charge is -2.31. The van der Waals surface area contributed by atoms with Crippen LogP contribution in [0.3, 0.4) is 0 Å². The van der Waals surface area contributed by atoms with Gasteiger partial charge in [0.1, 0.15) is 12.2 Å². The van der Waals surface area contributed by atoms with Crippen molar-refractivity contribution in [3.8, 4) is 0 Å². The summed E-state index contributed by atoms with van der Waals surface area (Å²) in [5.74, 6) is -0.614. The van der Waals surface area contributed by atoms with Crippen molar-refractivity contribution in [1.82, 2.24) is 0 Å². The first-order chi connectivity index (χ1) is 17.8. The minimum absolute atomic E-state index is 0.185. The van der Waals surface area contributed by atoms with Crippen molar-refractivity contribution in [2.24, 2.45) is 0 Å². The van der Waals surface area contributed by atoms with Crippen molar-refractivity contribution in [3.63, 3.8) is 0 Å². The number of halogens is 3. The Hall–Kier alpha value is -1.50. The molecule has 7 heteroatoms. The number of alkyl halides is 2. The van der Waals surface area contributed by atoms with E-state index in [9.17, 15) is 18.4 Å². The fourth-order valence-electron chi connectivity index (χ4n) is 5.61. The molecular weight excluding hydrogens is 542 g/mol. The molecule has 0 radical (unpaired) electrons. The highest BCUT2D eigenvalue weighted by molar-refractivity contribution is 9.10. The number of benzene rings is 1. The van der Waals surface area contributed by atoms with Gasteiger partial charge >= 0.3 is 11.9 Å². The van der Waals surface area contributed by atoms with Crippen LogP contribution in [0.4, 0.5) is 8.78 Å².